The molecule has 0 aromatic carbocycles. The minimum atomic E-state index is -4.45. The number of halogens is 3. The molecule has 7 nitrogen and oxygen atoms in total. The number of alkyl halides is 3. The van der Waals surface area contributed by atoms with E-state index in [1.54, 1.807) is 0 Å². The molecule has 1 fully saturated rings. The molecule has 0 spiro atoms. The summed E-state index contributed by atoms with van der Waals surface area (Å²) in [5.41, 5.74) is -0.356. The van der Waals surface area contributed by atoms with E-state index in [-0.39, 0.29) is 11.6 Å². The van der Waals surface area contributed by atoms with Crippen molar-refractivity contribution in [3.05, 3.63) is 40.1 Å². The Morgan fingerprint density at radius 3 is 2.86 bits per heavy atom. The van der Waals surface area contributed by atoms with Crippen LogP contribution in [-0.2, 0) is 12.6 Å². The van der Waals surface area contributed by atoms with Crippen molar-refractivity contribution in [2.75, 3.05) is 18.0 Å². The summed E-state index contributed by atoms with van der Waals surface area (Å²) >= 11 is 1.32. The first kappa shape index (κ1) is 18.9. The fourth-order valence-corrected chi connectivity index (χ4v) is 4.36. The summed E-state index contributed by atoms with van der Waals surface area (Å²) in [6, 6.07) is 2.31. The molecular formula is C17H19F3N6OS. The maximum atomic E-state index is 12.8. The third kappa shape index (κ3) is 3.62. The lowest BCUT2D eigenvalue weighted by Gasteiger charge is -2.32. The minimum absolute atomic E-state index is 0.183. The first-order chi connectivity index (χ1) is 13.3. The molecule has 1 unspecified atom stereocenters. The van der Waals surface area contributed by atoms with Crippen molar-refractivity contribution in [2.24, 2.45) is 0 Å². The monoisotopic (exact) mass is 412 g/mol. The lowest BCUT2D eigenvalue weighted by Crippen LogP contribution is -2.37. The van der Waals surface area contributed by atoms with Crippen LogP contribution < -0.4 is 10.5 Å². The molecule has 0 radical (unpaired) electrons. The second-order valence-corrected chi connectivity index (χ2v) is 7.77. The van der Waals surface area contributed by atoms with Gasteiger partial charge in [-0.3, -0.25) is 9.48 Å². The van der Waals surface area contributed by atoms with E-state index >= 15 is 0 Å². The van der Waals surface area contributed by atoms with Gasteiger partial charge in [-0.05, 0) is 25.3 Å². The van der Waals surface area contributed by atoms with Gasteiger partial charge in [0.1, 0.15) is 0 Å². The number of aromatic nitrogens is 5. The Morgan fingerprint density at radius 1 is 1.32 bits per heavy atom. The lowest BCUT2D eigenvalue weighted by molar-refractivity contribution is -0.141. The van der Waals surface area contributed by atoms with Crippen LogP contribution in [0.4, 0.5) is 18.3 Å². The number of anilines is 1. The molecule has 0 saturated carbocycles. The van der Waals surface area contributed by atoms with E-state index in [2.05, 4.69) is 15.2 Å². The van der Waals surface area contributed by atoms with Crippen LogP contribution in [0.25, 0.3) is 4.96 Å². The third-order valence-corrected chi connectivity index (χ3v) is 5.70. The molecule has 3 aromatic rings. The van der Waals surface area contributed by atoms with Crippen molar-refractivity contribution in [1.29, 1.82) is 0 Å². The molecule has 0 N–H and O–H groups in total. The van der Waals surface area contributed by atoms with Crippen molar-refractivity contribution < 1.29 is 13.2 Å². The van der Waals surface area contributed by atoms with Gasteiger partial charge in [0, 0.05) is 31.0 Å². The maximum Gasteiger partial charge on any atom is 0.435 e. The van der Waals surface area contributed by atoms with Crippen molar-refractivity contribution in [3.8, 4) is 0 Å². The second kappa shape index (κ2) is 7.19. The van der Waals surface area contributed by atoms with E-state index in [9.17, 15) is 18.0 Å². The van der Waals surface area contributed by atoms with E-state index < -0.39 is 11.9 Å². The van der Waals surface area contributed by atoms with E-state index in [1.807, 2.05) is 11.8 Å². The Hall–Kier alpha value is -2.43. The lowest BCUT2D eigenvalue weighted by atomic mass is 10.1. The van der Waals surface area contributed by atoms with Crippen molar-refractivity contribution >= 4 is 21.4 Å². The summed E-state index contributed by atoms with van der Waals surface area (Å²) in [5.74, 6) is 0. The standard InChI is InChI=1S/C17H19F3N6OS/c1-2-4-11-9-14(27)26-15(21-11)28-16(23-26)24-7-3-5-12(10-24)25-8-6-13(22-25)17(18,19)20/h6,8-9,12H,2-5,7,10H2,1H3. The average molecular weight is 412 g/mol. The summed E-state index contributed by atoms with van der Waals surface area (Å²) in [4.78, 5) is 19.3. The third-order valence-electron chi connectivity index (χ3n) is 4.73. The molecular weight excluding hydrogens is 393 g/mol. The molecule has 4 heterocycles. The van der Waals surface area contributed by atoms with E-state index in [0.29, 0.717) is 16.6 Å². The zero-order valence-electron chi connectivity index (χ0n) is 15.2. The molecule has 0 amide bonds. The molecule has 0 bridgehead atoms. The van der Waals surface area contributed by atoms with E-state index in [1.165, 1.54) is 32.8 Å². The van der Waals surface area contributed by atoms with Crippen molar-refractivity contribution in [3.63, 3.8) is 0 Å². The van der Waals surface area contributed by atoms with Gasteiger partial charge in [-0.25, -0.2) is 4.98 Å². The smallest absolute Gasteiger partial charge is 0.345 e. The normalized spacial score (nSPS) is 18.1. The molecule has 150 valence electrons. The highest BCUT2D eigenvalue weighted by molar-refractivity contribution is 7.20. The number of rotatable bonds is 4. The Balaban J connectivity index is 1.58. The van der Waals surface area contributed by atoms with Gasteiger partial charge in [0.05, 0.1) is 6.04 Å². The Bertz CT molecular complexity index is 1040. The van der Waals surface area contributed by atoms with Crippen LogP contribution in [0.3, 0.4) is 0 Å². The topological polar surface area (TPSA) is 68.3 Å². The molecule has 1 atom stereocenters. The quantitative estimate of drug-likeness (QED) is 0.659. The van der Waals surface area contributed by atoms with Crippen LogP contribution >= 0.6 is 11.3 Å². The predicted octanol–water partition coefficient (Wildman–Crippen LogP) is 3.16. The number of aryl methyl sites for hydroxylation is 1. The molecule has 11 heteroatoms. The van der Waals surface area contributed by atoms with Gasteiger partial charge in [0.15, 0.2) is 5.69 Å². The SMILES string of the molecule is CCCc1cc(=O)n2nc(N3CCCC(n4ccc(C(F)(F)F)n4)C3)sc2n1. The molecule has 1 aliphatic heterocycles. The van der Waals surface area contributed by atoms with Crippen molar-refractivity contribution in [1.82, 2.24) is 24.4 Å². The zero-order chi connectivity index (χ0) is 19.9. The molecule has 28 heavy (non-hydrogen) atoms. The molecule has 1 aliphatic rings. The van der Waals surface area contributed by atoms with Crippen LogP contribution in [0.2, 0.25) is 0 Å². The fraction of sp³-hybridized carbons (Fsp3) is 0.529. The Kier molecular flexibility index (Phi) is 4.86. The average Bonchev–Trinajstić information content (AvgIpc) is 3.29. The van der Waals surface area contributed by atoms with Gasteiger partial charge < -0.3 is 4.90 Å². The second-order valence-electron chi connectivity index (χ2n) is 6.84. The number of fused-ring (bicyclic) bond motifs is 1. The summed E-state index contributed by atoms with van der Waals surface area (Å²) in [5, 5.41) is 8.73. The Labute approximate surface area is 162 Å². The first-order valence-electron chi connectivity index (χ1n) is 9.12. The van der Waals surface area contributed by atoms with Crippen LogP contribution in [0, 0.1) is 0 Å². The van der Waals surface area contributed by atoms with Gasteiger partial charge in [-0.2, -0.15) is 22.8 Å². The highest BCUT2D eigenvalue weighted by Crippen LogP contribution is 2.31. The predicted molar refractivity (Wildman–Crippen MR) is 98.8 cm³/mol. The first-order valence-corrected chi connectivity index (χ1v) is 9.94. The van der Waals surface area contributed by atoms with Crippen molar-refractivity contribution in [2.45, 2.75) is 44.8 Å². The molecule has 4 rings (SSSR count). The largest absolute Gasteiger partial charge is 0.435 e. The van der Waals surface area contributed by atoms with Gasteiger partial charge in [-0.1, -0.05) is 24.7 Å². The minimum Gasteiger partial charge on any atom is -0.345 e. The van der Waals surface area contributed by atoms with Gasteiger partial charge >= 0.3 is 6.18 Å². The van der Waals surface area contributed by atoms with Gasteiger partial charge in [0.2, 0.25) is 10.1 Å². The van der Waals surface area contributed by atoms with Crippen LogP contribution in [0.5, 0.6) is 0 Å². The summed E-state index contributed by atoms with van der Waals surface area (Å²) < 4.78 is 41.1. The number of piperidine rings is 1. The molecule has 0 aliphatic carbocycles. The molecule has 3 aromatic heterocycles. The van der Waals surface area contributed by atoms with Gasteiger partial charge in [-0.15, -0.1) is 5.10 Å². The Morgan fingerprint density at radius 2 is 2.14 bits per heavy atom. The highest BCUT2D eigenvalue weighted by Gasteiger charge is 2.34. The van der Waals surface area contributed by atoms with Gasteiger partial charge in [0.25, 0.3) is 5.56 Å². The van der Waals surface area contributed by atoms with E-state index in [0.717, 1.165) is 44.0 Å². The summed E-state index contributed by atoms with van der Waals surface area (Å²) in [6.07, 6.45) is 0.0793. The number of hydrogen-bond donors (Lipinski definition) is 0. The highest BCUT2D eigenvalue weighted by atomic mass is 32.1. The van der Waals surface area contributed by atoms with Crippen LogP contribution in [-0.4, -0.2) is 37.5 Å². The fourth-order valence-electron chi connectivity index (χ4n) is 3.40. The number of hydrogen-bond acceptors (Lipinski definition) is 6. The number of nitrogens with zero attached hydrogens (tertiary/aromatic N) is 6. The zero-order valence-corrected chi connectivity index (χ0v) is 16.0. The maximum absolute atomic E-state index is 12.8. The molecule has 1 saturated heterocycles. The van der Waals surface area contributed by atoms with E-state index in [4.69, 9.17) is 0 Å². The summed E-state index contributed by atoms with van der Waals surface area (Å²) in [7, 11) is 0. The summed E-state index contributed by atoms with van der Waals surface area (Å²) in [6.45, 7) is 3.23. The van der Waals surface area contributed by atoms with Crippen LogP contribution in [0.1, 0.15) is 43.6 Å². The van der Waals surface area contributed by atoms with Crippen LogP contribution in [0.15, 0.2) is 23.1 Å².